The van der Waals surface area contributed by atoms with Gasteiger partial charge in [0.15, 0.2) is 0 Å². The maximum Gasteiger partial charge on any atom is 0.224 e. The molecule has 0 radical (unpaired) electrons. The van der Waals surface area contributed by atoms with Gasteiger partial charge in [0.1, 0.15) is 5.40 Å². The Labute approximate surface area is 148 Å². The average molecular weight is 387 g/mol. The number of thiocyanates is 1. The fourth-order valence-corrected chi connectivity index (χ4v) is 2.81. The van der Waals surface area contributed by atoms with Crippen LogP contribution in [0, 0.1) is 10.7 Å². The minimum atomic E-state index is -0.0680. The van der Waals surface area contributed by atoms with Crippen molar-refractivity contribution in [1.82, 2.24) is 4.90 Å². The lowest BCUT2D eigenvalue weighted by Gasteiger charge is -2.24. The molecule has 3 nitrogen and oxygen atoms in total. The Bertz CT molecular complexity index is 736. The van der Waals surface area contributed by atoms with E-state index in [-0.39, 0.29) is 5.91 Å². The first-order valence-corrected chi connectivity index (χ1v) is 8.62. The van der Waals surface area contributed by atoms with Gasteiger partial charge in [0.2, 0.25) is 5.91 Å². The number of amides is 1. The first-order chi connectivity index (χ1) is 11.1. The Morgan fingerprint density at radius 2 is 1.87 bits per heavy atom. The predicted octanol–water partition coefficient (Wildman–Crippen LogP) is 5.01. The summed E-state index contributed by atoms with van der Waals surface area (Å²) in [5.41, 5.74) is 2.65. The van der Waals surface area contributed by atoms with Gasteiger partial charge < -0.3 is 4.90 Å². The van der Waals surface area contributed by atoms with Crippen molar-refractivity contribution < 1.29 is 4.79 Å². The van der Waals surface area contributed by atoms with Gasteiger partial charge in [-0.2, -0.15) is 5.26 Å². The van der Waals surface area contributed by atoms with Gasteiger partial charge >= 0.3 is 0 Å². The number of carbonyl (C=O) groups excluding carboxylic acids is 1. The van der Waals surface area contributed by atoms with E-state index in [2.05, 4.69) is 15.9 Å². The fourth-order valence-electron chi connectivity index (χ4n) is 2.12. The summed E-state index contributed by atoms with van der Waals surface area (Å²) in [6.45, 7) is 2.00. The molecule has 0 saturated carbocycles. The summed E-state index contributed by atoms with van der Waals surface area (Å²) in [6, 6.07) is 17.5. The van der Waals surface area contributed by atoms with Crippen molar-refractivity contribution in [2.24, 2.45) is 0 Å². The molecule has 0 unspecified atom stereocenters. The van der Waals surface area contributed by atoms with E-state index >= 15 is 0 Å². The lowest BCUT2D eigenvalue weighted by atomic mass is 10.1. The molecule has 0 heterocycles. The molecular formula is C18H15BrN2OS. The Kier molecular flexibility index (Phi) is 6.45. The third-order valence-corrected chi connectivity index (χ3v) is 4.19. The molecule has 0 saturated heterocycles. The van der Waals surface area contributed by atoms with Gasteiger partial charge in [-0.1, -0.05) is 58.4 Å². The topological polar surface area (TPSA) is 44.1 Å². The van der Waals surface area contributed by atoms with Crippen molar-refractivity contribution in [2.75, 3.05) is 0 Å². The van der Waals surface area contributed by atoms with Crippen molar-refractivity contribution in [3.63, 3.8) is 0 Å². The molecule has 1 amide bonds. The van der Waals surface area contributed by atoms with Gasteiger partial charge in [0.25, 0.3) is 0 Å². The van der Waals surface area contributed by atoms with E-state index in [1.54, 1.807) is 10.3 Å². The lowest BCUT2D eigenvalue weighted by molar-refractivity contribution is -0.126. The van der Waals surface area contributed by atoms with E-state index in [4.69, 9.17) is 5.26 Å². The maximum absolute atomic E-state index is 12.2. The van der Waals surface area contributed by atoms with Gasteiger partial charge in [-0.05, 0) is 35.0 Å². The van der Waals surface area contributed by atoms with Crippen LogP contribution in [0.5, 0.6) is 0 Å². The monoisotopic (exact) mass is 386 g/mol. The molecule has 5 heteroatoms. The van der Waals surface area contributed by atoms with E-state index < -0.39 is 0 Å². The minimum Gasteiger partial charge on any atom is -0.307 e. The number of rotatable bonds is 5. The largest absolute Gasteiger partial charge is 0.307 e. The third kappa shape index (κ3) is 4.98. The number of hydrogen-bond donors (Lipinski definition) is 0. The van der Waals surface area contributed by atoms with Crippen molar-refractivity contribution in [2.45, 2.75) is 13.5 Å². The molecule has 0 fully saturated rings. The van der Waals surface area contributed by atoms with E-state index in [0.29, 0.717) is 6.54 Å². The summed E-state index contributed by atoms with van der Waals surface area (Å²) < 4.78 is 0.964. The highest BCUT2D eigenvalue weighted by Crippen LogP contribution is 2.26. The second-order valence-corrected chi connectivity index (χ2v) is 6.38. The molecule has 2 aromatic carbocycles. The number of nitrogens with zero attached hydrogens (tertiary/aromatic N) is 2. The Balaban J connectivity index is 2.39. The second-order valence-electron chi connectivity index (χ2n) is 4.81. The van der Waals surface area contributed by atoms with E-state index in [1.165, 1.54) is 6.92 Å². The highest BCUT2D eigenvalue weighted by atomic mass is 79.9. The summed E-state index contributed by atoms with van der Waals surface area (Å²) in [5, 5.41) is 12.6. The van der Waals surface area contributed by atoms with Gasteiger partial charge in [-0.25, -0.2) is 0 Å². The molecule has 23 heavy (non-hydrogen) atoms. The number of hydrogen-bond acceptors (Lipinski definition) is 3. The molecule has 0 aliphatic heterocycles. The molecular weight excluding hydrogens is 372 g/mol. The molecule has 0 atom stereocenters. The molecule has 0 spiro atoms. The van der Waals surface area contributed by atoms with Gasteiger partial charge in [0, 0.05) is 16.8 Å². The first-order valence-electron chi connectivity index (χ1n) is 6.94. The second kappa shape index (κ2) is 8.56. The van der Waals surface area contributed by atoms with Crippen LogP contribution in [-0.4, -0.2) is 10.8 Å². The summed E-state index contributed by atoms with van der Waals surface area (Å²) in [5.74, 6) is -0.0680. The molecule has 116 valence electrons. The standard InChI is InChI=1S/C18H15BrN2OS/c1-14(22)21(11-15-5-3-2-4-6-15)18(12-23-13-20)16-7-9-17(19)10-8-16/h2-10,12H,11H2,1H3/b18-12+. The van der Waals surface area contributed by atoms with Crippen LogP contribution >= 0.6 is 27.7 Å². The fraction of sp³-hybridized carbons (Fsp3) is 0.111. The minimum absolute atomic E-state index is 0.0680. The van der Waals surface area contributed by atoms with Crippen LogP contribution < -0.4 is 0 Å². The third-order valence-electron chi connectivity index (χ3n) is 3.22. The first kappa shape index (κ1) is 17.3. The van der Waals surface area contributed by atoms with Crippen LogP contribution in [0.1, 0.15) is 18.1 Å². The molecule has 0 N–H and O–H groups in total. The van der Waals surface area contributed by atoms with Crippen LogP contribution in [0.3, 0.4) is 0 Å². The predicted molar refractivity (Wildman–Crippen MR) is 98.0 cm³/mol. The van der Waals surface area contributed by atoms with Gasteiger partial charge in [-0.3, -0.25) is 4.79 Å². The van der Waals surface area contributed by atoms with Gasteiger partial charge in [0.05, 0.1) is 12.2 Å². The normalized spacial score (nSPS) is 10.9. The SMILES string of the molecule is CC(=O)N(Cc1ccccc1)/C(=C/SC#N)c1ccc(Br)cc1. The van der Waals surface area contributed by atoms with Crippen LogP contribution in [0.25, 0.3) is 5.70 Å². The molecule has 0 aromatic heterocycles. The number of thioether (sulfide) groups is 1. The van der Waals surface area contributed by atoms with E-state index in [0.717, 1.165) is 33.1 Å². The van der Waals surface area contributed by atoms with Crippen LogP contribution in [-0.2, 0) is 11.3 Å². The zero-order chi connectivity index (χ0) is 16.7. The number of halogens is 1. The summed E-state index contributed by atoms with van der Waals surface area (Å²) in [6.07, 6.45) is 0. The molecule has 2 aromatic rings. The van der Waals surface area contributed by atoms with Crippen molar-refractivity contribution in [1.29, 1.82) is 5.26 Å². The van der Waals surface area contributed by atoms with Crippen molar-refractivity contribution >= 4 is 39.3 Å². The number of benzene rings is 2. The zero-order valence-corrected chi connectivity index (χ0v) is 15.0. The Morgan fingerprint density at radius 3 is 2.43 bits per heavy atom. The smallest absolute Gasteiger partial charge is 0.224 e. The summed E-state index contributed by atoms with van der Waals surface area (Å²) in [7, 11) is 0. The maximum atomic E-state index is 12.2. The quantitative estimate of drug-likeness (QED) is 0.678. The number of nitriles is 1. The highest BCUT2D eigenvalue weighted by Gasteiger charge is 2.16. The molecule has 0 aliphatic carbocycles. The van der Waals surface area contributed by atoms with Crippen molar-refractivity contribution in [3.8, 4) is 5.40 Å². The highest BCUT2D eigenvalue weighted by molar-refractivity contribution is 9.10. The van der Waals surface area contributed by atoms with Crippen LogP contribution in [0.2, 0.25) is 0 Å². The number of carbonyl (C=O) groups is 1. The average Bonchev–Trinajstić information content (AvgIpc) is 2.56. The zero-order valence-electron chi connectivity index (χ0n) is 12.6. The lowest BCUT2D eigenvalue weighted by Crippen LogP contribution is -2.26. The van der Waals surface area contributed by atoms with Crippen LogP contribution in [0.4, 0.5) is 0 Å². The van der Waals surface area contributed by atoms with E-state index in [9.17, 15) is 4.79 Å². The Morgan fingerprint density at radius 1 is 1.22 bits per heavy atom. The molecule has 0 aliphatic rings. The van der Waals surface area contributed by atoms with Gasteiger partial charge in [-0.15, -0.1) is 0 Å². The molecule has 0 bridgehead atoms. The van der Waals surface area contributed by atoms with Crippen molar-refractivity contribution in [3.05, 3.63) is 75.6 Å². The summed E-state index contributed by atoms with van der Waals surface area (Å²) in [4.78, 5) is 13.9. The Hall–Kier alpha value is -2.03. The van der Waals surface area contributed by atoms with E-state index in [1.807, 2.05) is 60.0 Å². The molecule has 2 rings (SSSR count). The van der Waals surface area contributed by atoms with Crippen LogP contribution in [0.15, 0.2) is 64.5 Å². The summed E-state index contributed by atoms with van der Waals surface area (Å²) >= 11 is 4.42.